The summed E-state index contributed by atoms with van der Waals surface area (Å²) in [6.45, 7) is 9.07. The molecule has 0 spiro atoms. The number of aromatic nitrogens is 1. The average Bonchev–Trinajstić information content (AvgIpc) is 3.20. The number of carbonyl (C=O) groups is 1. The van der Waals surface area contributed by atoms with Gasteiger partial charge in [-0.25, -0.2) is 13.2 Å². The second kappa shape index (κ2) is 15.2. The number of anilines is 2. The van der Waals surface area contributed by atoms with Gasteiger partial charge in [-0.1, -0.05) is 72.6 Å². The summed E-state index contributed by atoms with van der Waals surface area (Å²) in [7, 11) is -3.38. The number of carbonyl (C=O) groups excluding carboxylic acids is 1. The zero-order valence-corrected chi connectivity index (χ0v) is 24.2. The number of sulfonamides is 1. The van der Waals surface area contributed by atoms with E-state index in [1.165, 1.54) is 50.1 Å². The molecular weight excluding hydrogens is 494 g/mol. The van der Waals surface area contributed by atoms with Crippen LogP contribution in [0.2, 0.25) is 0 Å². The number of hydrazine groups is 1. The van der Waals surface area contributed by atoms with Gasteiger partial charge in [0.2, 0.25) is 10.0 Å². The van der Waals surface area contributed by atoms with Crippen molar-refractivity contribution in [3.8, 4) is 0 Å². The Morgan fingerprint density at radius 3 is 2.31 bits per heavy atom. The first-order valence-electron chi connectivity index (χ1n) is 13.3. The van der Waals surface area contributed by atoms with Gasteiger partial charge in [-0.15, -0.1) is 0 Å². The van der Waals surface area contributed by atoms with E-state index in [9.17, 15) is 13.2 Å². The zero-order valence-electron chi connectivity index (χ0n) is 22.5. The zero-order chi connectivity index (χ0) is 26.6. The second-order valence-electron chi connectivity index (χ2n) is 10.2. The summed E-state index contributed by atoms with van der Waals surface area (Å²) < 4.78 is 30.0. The highest BCUT2D eigenvalue weighted by atomic mass is 32.2. The fourth-order valence-electron chi connectivity index (χ4n) is 4.58. The minimum atomic E-state index is -3.38. The molecule has 2 aromatic rings. The molecule has 10 heteroatoms. The minimum Gasteiger partial charge on any atom is -0.334 e. The maximum absolute atomic E-state index is 12.7. The summed E-state index contributed by atoms with van der Waals surface area (Å²) in [4.78, 5) is 12.7. The smallest absolute Gasteiger partial charge is 0.333 e. The van der Waals surface area contributed by atoms with Gasteiger partial charge in [0.1, 0.15) is 5.00 Å². The Morgan fingerprint density at radius 1 is 0.972 bits per heavy atom. The van der Waals surface area contributed by atoms with E-state index in [0.29, 0.717) is 16.6 Å². The van der Waals surface area contributed by atoms with Crippen LogP contribution in [0.25, 0.3) is 10.9 Å². The summed E-state index contributed by atoms with van der Waals surface area (Å²) in [5, 5.41) is 4.55. The van der Waals surface area contributed by atoms with E-state index in [1.54, 1.807) is 18.2 Å². The van der Waals surface area contributed by atoms with E-state index in [0.717, 1.165) is 48.8 Å². The lowest BCUT2D eigenvalue weighted by molar-refractivity contribution is 0.235. The molecule has 2 amide bonds. The molecule has 0 aliphatic rings. The molecule has 8 nitrogen and oxygen atoms in total. The number of unbranched alkanes of at least 4 members (excludes halogenated alkanes) is 1. The van der Waals surface area contributed by atoms with Crippen molar-refractivity contribution >= 4 is 49.2 Å². The fraction of sp³-hybridized carbons (Fsp3) is 0.692. The monoisotopic (exact) mass is 539 g/mol. The van der Waals surface area contributed by atoms with Crippen molar-refractivity contribution in [2.24, 2.45) is 11.8 Å². The van der Waals surface area contributed by atoms with Gasteiger partial charge in [0.25, 0.3) is 0 Å². The summed E-state index contributed by atoms with van der Waals surface area (Å²) in [6.07, 6.45) is 12.6. The molecule has 0 aliphatic carbocycles. The molecule has 36 heavy (non-hydrogen) atoms. The molecule has 204 valence electrons. The third-order valence-corrected chi connectivity index (χ3v) is 7.87. The SMILES string of the molecule is CCCC(C)CCCCC(CCC(C)CCC)NC(=O)NNc1snc2ccc(NS(C)(=O)=O)cc12. The quantitative estimate of drug-likeness (QED) is 0.129. The normalized spacial score (nSPS) is 14.2. The van der Waals surface area contributed by atoms with E-state index >= 15 is 0 Å². The largest absolute Gasteiger partial charge is 0.334 e. The minimum absolute atomic E-state index is 0.136. The van der Waals surface area contributed by atoms with Gasteiger partial charge in [0.15, 0.2) is 0 Å². The number of amides is 2. The van der Waals surface area contributed by atoms with Crippen molar-refractivity contribution in [1.29, 1.82) is 0 Å². The van der Waals surface area contributed by atoms with Crippen LogP contribution in [0.3, 0.4) is 0 Å². The van der Waals surface area contributed by atoms with Crippen LogP contribution >= 0.6 is 11.5 Å². The van der Waals surface area contributed by atoms with Crippen molar-refractivity contribution in [3.05, 3.63) is 18.2 Å². The van der Waals surface area contributed by atoms with Crippen LogP contribution in [0.4, 0.5) is 15.5 Å². The first-order chi connectivity index (χ1) is 17.1. The number of benzene rings is 1. The molecule has 0 saturated heterocycles. The number of urea groups is 1. The molecule has 3 atom stereocenters. The molecule has 1 aromatic heterocycles. The maximum Gasteiger partial charge on any atom is 0.333 e. The van der Waals surface area contributed by atoms with Crippen molar-refractivity contribution in [3.63, 3.8) is 0 Å². The van der Waals surface area contributed by atoms with Gasteiger partial charge >= 0.3 is 6.03 Å². The molecule has 0 saturated carbocycles. The lowest BCUT2D eigenvalue weighted by Gasteiger charge is -2.21. The molecule has 1 aromatic carbocycles. The Labute approximate surface area is 221 Å². The fourth-order valence-corrected chi connectivity index (χ4v) is 5.84. The summed E-state index contributed by atoms with van der Waals surface area (Å²) in [5.41, 5.74) is 6.88. The molecule has 4 N–H and O–H groups in total. The predicted molar refractivity (Wildman–Crippen MR) is 153 cm³/mol. The van der Waals surface area contributed by atoms with Crippen LogP contribution in [0.5, 0.6) is 0 Å². The number of nitrogens with zero attached hydrogens (tertiary/aromatic N) is 1. The highest BCUT2D eigenvalue weighted by Crippen LogP contribution is 2.29. The van der Waals surface area contributed by atoms with Gasteiger partial charge < -0.3 is 5.32 Å². The number of hydrogen-bond acceptors (Lipinski definition) is 6. The Balaban J connectivity index is 1.93. The van der Waals surface area contributed by atoms with E-state index in [4.69, 9.17) is 0 Å². The van der Waals surface area contributed by atoms with Gasteiger partial charge in [-0.05, 0) is 60.8 Å². The predicted octanol–water partition coefficient (Wildman–Crippen LogP) is 6.88. The Hall–Kier alpha value is -2.07. The van der Waals surface area contributed by atoms with E-state index < -0.39 is 10.0 Å². The Kier molecular flexibility index (Phi) is 12.8. The van der Waals surface area contributed by atoms with Crippen LogP contribution < -0.4 is 20.9 Å². The van der Waals surface area contributed by atoms with Crippen molar-refractivity contribution in [1.82, 2.24) is 15.1 Å². The average molecular weight is 540 g/mol. The highest BCUT2D eigenvalue weighted by Gasteiger charge is 2.15. The van der Waals surface area contributed by atoms with Crippen LogP contribution in [0, 0.1) is 11.8 Å². The first kappa shape index (κ1) is 30.2. The third-order valence-electron chi connectivity index (χ3n) is 6.47. The topological polar surface area (TPSA) is 112 Å². The molecule has 3 unspecified atom stereocenters. The maximum atomic E-state index is 12.7. The van der Waals surface area contributed by atoms with E-state index in [2.05, 4.69) is 53.0 Å². The molecule has 0 aliphatic heterocycles. The molecule has 0 fully saturated rings. The summed E-state index contributed by atoms with van der Waals surface area (Å²) >= 11 is 1.21. The summed E-state index contributed by atoms with van der Waals surface area (Å²) in [6, 6.07) is 4.99. The van der Waals surface area contributed by atoms with Crippen LogP contribution in [-0.2, 0) is 10.0 Å². The standard InChI is InChI=1S/C26H45N5O3S2/c1-6-10-19(3)12-8-9-13-21(15-14-20(4)11-7-2)27-26(32)29-28-25-23-18-22(31-36(5,33)34)16-17-24(23)30-35-25/h16-21,28,31H,6-15H2,1-5H3,(H2,27,29,32). The van der Waals surface area contributed by atoms with Crippen molar-refractivity contribution in [2.75, 3.05) is 16.4 Å². The van der Waals surface area contributed by atoms with E-state index in [1.807, 2.05) is 0 Å². The molecule has 2 rings (SSSR count). The Morgan fingerprint density at radius 2 is 1.64 bits per heavy atom. The Bertz CT molecular complexity index is 1040. The lowest BCUT2D eigenvalue weighted by atomic mass is 9.93. The molecule has 0 radical (unpaired) electrons. The molecule has 1 heterocycles. The number of rotatable bonds is 17. The van der Waals surface area contributed by atoms with Crippen molar-refractivity contribution in [2.45, 2.75) is 97.9 Å². The third kappa shape index (κ3) is 11.3. The van der Waals surface area contributed by atoms with E-state index in [-0.39, 0.29) is 12.1 Å². The molecule has 0 bridgehead atoms. The van der Waals surface area contributed by atoms with Crippen LogP contribution in [0.15, 0.2) is 18.2 Å². The number of nitrogens with one attached hydrogen (secondary N) is 4. The number of fused-ring (bicyclic) bond motifs is 1. The lowest BCUT2D eigenvalue weighted by Crippen LogP contribution is -2.44. The van der Waals surface area contributed by atoms with Gasteiger partial charge in [0, 0.05) is 17.1 Å². The van der Waals surface area contributed by atoms with Gasteiger partial charge in [0.05, 0.1) is 11.8 Å². The summed E-state index contributed by atoms with van der Waals surface area (Å²) in [5.74, 6) is 1.42. The van der Waals surface area contributed by atoms with Crippen LogP contribution in [0.1, 0.15) is 91.9 Å². The second-order valence-corrected chi connectivity index (χ2v) is 12.7. The highest BCUT2D eigenvalue weighted by molar-refractivity contribution is 7.92. The van der Waals surface area contributed by atoms with Crippen molar-refractivity contribution < 1.29 is 13.2 Å². The van der Waals surface area contributed by atoms with Crippen LogP contribution in [-0.4, -0.2) is 31.1 Å². The molecular formula is C26H45N5O3S2. The first-order valence-corrected chi connectivity index (χ1v) is 16.0. The number of hydrogen-bond donors (Lipinski definition) is 4. The van der Waals surface area contributed by atoms with Gasteiger partial charge in [-0.3, -0.25) is 15.6 Å². The van der Waals surface area contributed by atoms with Gasteiger partial charge in [-0.2, -0.15) is 4.37 Å².